The van der Waals surface area contributed by atoms with Crippen molar-refractivity contribution in [2.75, 3.05) is 0 Å². The van der Waals surface area contributed by atoms with Gasteiger partial charge in [-0.3, -0.25) is 4.79 Å². The van der Waals surface area contributed by atoms with Crippen LogP contribution in [-0.2, 0) is 10.5 Å². The van der Waals surface area contributed by atoms with Crippen LogP contribution in [0.1, 0.15) is 42.5 Å². The van der Waals surface area contributed by atoms with E-state index in [0.29, 0.717) is 24.6 Å². The lowest BCUT2D eigenvalue weighted by atomic mass is 10.1. The Morgan fingerprint density at radius 2 is 2.14 bits per heavy atom. The highest BCUT2D eigenvalue weighted by Crippen LogP contribution is 2.21. The van der Waals surface area contributed by atoms with Crippen molar-refractivity contribution in [2.24, 2.45) is 0 Å². The first kappa shape index (κ1) is 17.5. The quantitative estimate of drug-likeness (QED) is 0.730. The van der Waals surface area contributed by atoms with Gasteiger partial charge in [-0.2, -0.15) is 8.78 Å². The van der Waals surface area contributed by atoms with Crippen LogP contribution in [0, 0.1) is 0 Å². The highest BCUT2D eigenvalue weighted by atomic mass is 32.2. The number of carbonyl (C=O) groups excluding carboxylic acids is 1. The number of amides is 1. The summed E-state index contributed by atoms with van der Waals surface area (Å²) in [5.74, 6) is -4.18. The SMILES string of the molecule is CCCC[C@H](NC(=O)c1ccc(CSC(F)F)o1)C(=O)O. The Hall–Kier alpha value is -1.57. The van der Waals surface area contributed by atoms with Gasteiger partial charge in [-0.15, -0.1) is 0 Å². The molecule has 0 aliphatic heterocycles. The predicted molar refractivity (Wildman–Crippen MR) is 74.4 cm³/mol. The van der Waals surface area contributed by atoms with Crippen LogP contribution in [0.5, 0.6) is 0 Å². The van der Waals surface area contributed by atoms with Gasteiger partial charge >= 0.3 is 5.97 Å². The number of carboxylic acid groups (broad SMARTS) is 1. The second-order valence-electron chi connectivity index (χ2n) is 4.34. The summed E-state index contributed by atoms with van der Waals surface area (Å²) in [5, 5.41) is 11.4. The van der Waals surface area contributed by atoms with E-state index in [9.17, 15) is 18.4 Å². The average Bonchev–Trinajstić information content (AvgIpc) is 2.89. The third kappa shape index (κ3) is 6.16. The number of nitrogens with one attached hydrogen (secondary N) is 1. The van der Waals surface area contributed by atoms with Crippen LogP contribution in [0.2, 0.25) is 0 Å². The Bertz CT molecular complexity index is 478. The molecule has 8 heteroatoms. The number of thioether (sulfide) groups is 1. The van der Waals surface area contributed by atoms with E-state index in [2.05, 4.69) is 5.32 Å². The summed E-state index contributed by atoms with van der Waals surface area (Å²) in [6, 6.07) is 1.78. The van der Waals surface area contributed by atoms with Gasteiger partial charge in [-0.1, -0.05) is 31.5 Å². The number of carboxylic acids is 1. The molecule has 118 valence electrons. The molecule has 1 rings (SSSR count). The number of rotatable bonds is 9. The van der Waals surface area contributed by atoms with Crippen molar-refractivity contribution in [2.45, 2.75) is 43.7 Å². The lowest BCUT2D eigenvalue weighted by Gasteiger charge is -2.12. The van der Waals surface area contributed by atoms with Crippen LogP contribution in [-0.4, -0.2) is 28.8 Å². The Morgan fingerprint density at radius 3 is 2.71 bits per heavy atom. The van der Waals surface area contributed by atoms with Gasteiger partial charge in [-0.05, 0) is 18.6 Å². The molecule has 1 amide bonds. The van der Waals surface area contributed by atoms with E-state index in [0.717, 1.165) is 6.42 Å². The van der Waals surface area contributed by atoms with Crippen molar-refractivity contribution in [3.8, 4) is 0 Å². The summed E-state index contributed by atoms with van der Waals surface area (Å²) in [5.41, 5.74) is 0. The number of alkyl halides is 2. The van der Waals surface area contributed by atoms with Crippen molar-refractivity contribution >= 4 is 23.6 Å². The van der Waals surface area contributed by atoms with E-state index < -0.39 is 23.7 Å². The number of carbonyl (C=O) groups is 2. The average molecular weight is 321 g/mol. The lowest BCUT2D eigenvalue weighted by molar-refractivity contribution is -0.139. The van der Waals surface area contributed by atoms with Crippen LogP contribution in [0.4, 0.5) is 8.78 Å². The molecule has 0 aromatic carbocycles. The zero-order chi connectivity index (χ0) is 15.8. The third-order valence-corrected chi connectivity index (χ3v) is 3.39. The van der Waals surface area contributed by atoms with E-state index in [1.54, 1.807) is 0 Å². The Labute approximate surface area is 125 Å². The summed E-state index contributed by atoms with van der Waals surface area (Å²) in [4.78, 5) is 22.9. The predicted octanol–water partition coefficient (Wildman–Crippen LogP) is 3.11. The first-order valence-corrected chi connectivity index (χ1v) is 7.51. The van der Waals surface area contributed by atoms with Gasteiger partial charge in [-0.25, -0.2) is 4.79 Å². The molecule has 0 radical (unpaired) electrons. The molecular weight excluding hydrogens is 304 g/mol. The zero-order valence-electron chi connectivity index (χ0n) is 11.5. The third-order valence-electron chi connectivity index (χ3n) is 2.69. The van der Waals surface area contributed by atoms with E-state index in [1.165, 1.54) is 12.1 Å². The van der Waals surface area contributed by atoms with Crippen molar-refractivity contribution in [1.29, 1.82) is 0 Å². The molecule has 0 fully saturated rings. The molecule has 0 unspecified atom stereocenters. The molecule has 1 aromatic heterocycles. The van der Waals surface area contributed by atoms with Crippen LogP contribution in [0.3, 0.4) is 0 Å². The number of hydrogen-bond donors (Lipinski definition) is 2. The highest BCUT2D eigenvalue weighted by Gasteiger charge is 2.21. The maximum atomic E-state index is 12.0. The molecule has 1 heterocycles. The first-order valence-electron chi connectivity index (χ1n) is 6.46. The molecule has 0 aliphatic carbocycles. The fourth-order valence-electron chi connectivity index (χ4n) is 1.62. The van der Waals surface area contributed by atoms with Gasteiger partial charge in [0.1, 0.15) is 11.8 Å². The molecule has 21 heavy (non-hydrogen) atoms. The molecule has 0 saturated heterocycles. The van der Waals surface area contributed by atoms with Crippen molar-refractivity contribution < 1.29 is 27.9 Å². The summed E-state index contributed by atoms with van der Waals surface area (Å²) in [6.45, 7) is 1.92. The lowest BCUT2D eigenvalue weighted by Crippen LogP contribution is -2.40. The molecule has 0 bridgehead atoms. The molecule has 5 nitrogen and oxygen atoms in total. The summed E-state index contributed by atoms with van der Waals surface area (Å²) >= 11 is 0.386. The van der Waals surface area contributed by atoms with E-state index >= 15 is 0 Å². The summed E-state index contributed by atoms with van der Waals surface area (Å²) in [7, 11) is 0. The number of halogens is 2. The molecule has 2 N–H and O–H groups in total. The smallest absolute Gasteiger partial charge is 0.326 e. The maximum absolute atomic E-state index is 12.0. The standard InChI is InChI=1S/C13H17F2NO4S/c1-2-3-4-9(12(18)19)16-11(17)10-6-5-8(20-10)7-21-13(14)15/h5-6,9,13H,2-4,7H2,1H3,(H,16,17)(H,18,19)/t9-/m0/s1. The Morgan fingerprint density at radius 1 is 1.43 bits per heavy atom. The fourth-order valence-corrected chi connectivity index (χ4v) is 2.06. The van der Waals surface area contributed by atoms with Gasteiger partial charge in [0.05, 0.1) is 5.75 Å². The minimum atomic E-state index is -2.52. The van der Waals surface area contributed by atoms with E-state index in [4.69, 9.17) is 9.52 Å². The molecule has 0 saturated carbocycles. The summed E-state index contributed by atoms with van der Waals surface area (Å²) in [6.07, 6.45) is 1.81. The van der Waals surface area contributed by atoms with Gasteiger partial charge in [0.25, 0.3) is 11.7 Å². The van der Waals surface area contributed by atoms with Crippen molar-refractivity contribution in [3.05, 3.63) is 23.7 Å². The number of furan rings is 1. The topological polar surface area (TPSA) is 79.5 Å². The van der Waals surface area contributed by atoms with Crippen LogP contribution in [0.15, 0.2) is 16.5 Å². The second kappa shape index (κ2) is 8.66. The van der Waals surface area contributed by atoms with Gasteiger partial charge in [0.15, 0.2) is 5.76 Å². The van der Waals surface area contributed by atoms with Crippen LogP contribution >= 0.6 is 11.8 Å². The minimum absolute atomic E-state index is 0.0524. The Kier molecular flexibility index (Phi) is 7.21. The van der Waals surface area contributed by atoms with Crippen LogP contribution < -0.4 is 5.32 Å². The van der Waals surface area contributed by atoms with Gasteiger partial charge < -0.3 is 14.8 Å². The molecule has 1 aromatic rings. The van der Waals surface area contributed by atoms with Gasteiger partial charge in [0, 0.05) is 0 Å². The number of hydrogen-bond acceptors (Lipinski definition) is 4. The largest absolute Gasteiger partial charge is 0.480 e. The van der Waals surface area contributed by atoms with E-state index in [1.807, 2.05) is 6.92 Å². The number of aliphatic carboxylic acids is 1. The van der Waals surface area contributed by atoms with Crippen molar-refractivity contribution in [3.63, 3.8) is 0 Å². The van der Waals surface area contributed by atoms with Crippen LogP contribution in [0.25, 0.3) is 0 Å². The first-order chi connectivity index (χ1) is 9.93. The maximum Gasteiger partial charge on any atom is 0.326 e. The van der Waals surface area contributed by atoms with Gasteiger partial charge in [0.2, 0.25) is 0 Å². The normalized spacial score (nSPS) is 12.4. The monoisotopic (exact) mass is 321 g/mol. The van der Waals surface area contributed by atoms with E-state index in [-0.39, 0.29) is 17.3 Å². The summed E-state index contributed by atoms with van der Waals surface area (Å²) < 4.78 is 29.2. The second-order valence-corrected chi connectivity index (χ2v) is 5.32. The zero-order valence-corrected chi connectivity index (χ0v) is 12.3. The molecule has 0 aliphatic rings. The minimum Gasteiger partial charge on any atom is -0.480 e. The number of unbranched alkanes of at least 4 members (excludes halogenated alkanes) is 1. The van der Waals surface area contributed by atoms with Crippen molar-refractivity contribution in [1.82, 2.24) is 5.32 Å². The molecule has 1 atom stereocenters. The fraction of sp³-hybridized carbons (Fsp3) is 0.538. The highest BCUT2D eigenvalue weighted by molar-refractivity contribution is 7.98. The Balaban J connectivity index is 2.59. The molecular formula is C13H17F2NO4S. The molecule has 0 spiro atoms.